The number of nitrogens with one attached hydrogen (secondary N) is 2. The fourth-order valence-electron chi connectivity index (χ4n) is 3.08. The van der Waals surface area contributed by atoms with Gasteiger partial charge in [-0.3, -0.25) is 0 Å². The first-order valence-electron chi connectivity index (χ1n) is 6.76. The molecule has 1 atom stereocenters. The number of hydrogen-bond donors (Lipinski definition) is 2. The normalized spacial score (nSPS) is 29.2. The molecule has 0 bridgehead atoms. The molecule has 3 aliphatic rings. The van der Waals surface area contributed by atoms with Crippen LogP contribution in [0.25, 0.3) is 0 Å². The van der Waals surface area contributed by atoms with Crippen molar-refractivity contribution in [2.75, 3.05) is 5.32 Å². The van der Waals surface area contributed by atoms with Gasteiger partial charge in [0.25, 0.3) is 10.0 Å². The van der Waals surface area contributed by atoms with Gasteiger partial charge in [0.1, 0.15) is 4.90 Å². The second-order valence-corrected chi connectivity index (χ2v) is 7.56. The van der Waals surface area contributed by atoms with Crippen molar-refractivity contribution in [2.24, 2.45) is 10.4 Å². The lowest BCUT2D eigenvalue weighted by atomic mass is 9.81. The molecule has 1 unspecified atom stereocenters. The molecule has 0 radical (unpaired) electrons. The molecule has 1 aromatic carbocycles. The van der Waals surface area contributed by atoms with Gasteiger partial charge >= 0.3 is 0 Å². The first-order valence-corrected chi connectivity index (χ1v) is 8.25. The predicted molar refractivity (Wildman–Crippen MR) is 72.4 cm³/mol. The van der Waals surface area contributed by atoms with Crippen LogP contribution in [0.1, 0.15) is 25.7 Å². The van der Waals surface area contributed by atoms with Crippen LogP contribution in [0.3, 0.4) is 0 Å². The molecule has 1 aliphatic heterocycles. The molecule has 2 fully saturated rings. The van der Waals surface area contributed by atoms with E-state index in [9.17, 15) is 17.2 Å². The smallest absolute Gasteiger partial charge is 0.266 e. The molecule has 4 rings (SSSR count). The van der Waals surface area contributed by atoms with Crippen molar-refractivity contribution in [3.8, 4) is 0 Å². The summed E-state index contributed by atoms with van der Waals surface area (Å²) >= 11 is 0. The molecule has 2 N–H and O–H groups in total. The lowest BCUT2D eigenvalue weighted by Crippen LogP contribution is -2.41. The first-order chi connectivity index (χ1) is 9.90. The van der Waals surface area contributed by atoms with Crippen LogP contribution in [-0.4, -0.2) is 20.4 Å². The number of halogens is 2. The number of rotatable bonds is 1. The number of hydrogen-bond acceptors (Lipinski definition) is 3. The van der Waals surface area contributed by atoms with Crippen molar-refractivity contribution in [1.29, 1.82) is 0 Å². The van der Waals surface area contributed by atoms with E-state index in [1.165, 1.54) is 6.42 Å². The van der Waals surface area contributed by atoms with E-state index in [2.05, 4.69) is 15.0 Å². The highest BCUT2D eigenvalue weighted by molar-refractivity contribution is 7.90. The number of fused-ring (bicyclic) bond motifs is 1. The van der Waals surface area contributed by atoms with Crippen LogP contribution >= 0.6 is 0 Å². The molecule has 0 amide bonds. The highest BCUT2D eigenvalue weighted by atomic mass is 32.2. The summed E-state index contributed by atoms with van der Waals surface area (Å²) in [7, 11) is -3.92. The molecule has 1 heterocycles. The maximum Gasteiger partial charge on any atom is 0.266 e. The minimum Gasteiger partial charge on any atom is -0.324 e. The SMILES string of the molecule is O=S1(=O)NC(=NC2CC23CCC3)Nc2cc(F)c(F)cc21. The Balaban J connectivity index is 1.69. The minimum absolute atomic E-state index is 0.00899. The molecular formula is C13H13F2N3O2S. The second kappa shape index (κ2) is 3.94. The molecule has 0 saturated heterocycles. The number of guanidine groups is 1. The Labute approximate surface area is 120 Å². The minimum atomic E-state index is -3.92. The maximum atomic E-state index is 13.3. The van der Waals surface area contributed by atoms with Gasteiger partial charge in [-0.05, 0) is 30.7 Å². The summed E-state index contributed by atoms with van der Waals surface area (Å²) in [5, 5.41) is 2.73. The summed E-state index contributed by atoms with van der Waals surface area (Å²) in [5.41, 5.74) is 0.267. The summed E-state index contributed by atoms with van der Waals surface area (Å²) in [6, 6.07) is 1.62. The second-order valence-electron chi connectivity index (χ2n) is 5.91. The lowest BCUT2D eigenvalue weighted by Gasteiger charge is -2.26. The Morgan fingerprint density at radius 2 is 1.95 bits per heavy atom. The number of aliphatic imine (C=N–C) groups is 1. The maximum absolute atomic E-state index is 13.3. The number of anilines is 1. The van der Waals surface area contributed by atoms with Gasteiger partial charge in [-0.15, -0.1) is 0 Å². The summed E-state index contributed by atoms with van der Waals surface area (Å²) in [6.07, 6.45) is 4.40. The molecule has 8 heteroatoms. The van der Waals surface area contributed by atoms with Crippen molar-refractivity contribution in [3.05, 3.63) is 23.8 Å². The number of benzene rings is 1. The fraction of sp³-hybridized carbons (Fsp3) is 0.462. The summed E-state index contributed by atoms with van der Waals surface area (Å²) < 4.78 is 52.9. The van der Waals surface area contributed by atoms with Crippen LogP contribution in [0.5, 0.6) is 0 Å². The highest BCUT2D eigenvalue weighted by Crippen LogP contribution is 2.62. The third kappa shape index (κ3) is 1.92. The Hall–Kier alpha value is -1.70. The van der Waals surface area contributed by atoms with Crippen LogP contribution in [0.2, 0.25) is 0 Å². The molecule has 2 saturated carbocycles. The van der Waals surface area contributed by atoms with Crippen molar-refractivity contribution in [3.63, 3.8) is 0 Å². The zero-order valence-corrected chi connectivity index (χ0v) is 11.8. The summed E-state index contributed by atoms with van der Waals surface area (Å²) in [6.45, 7) is 0. The van der Waals surface area contributed by atoms with E-state index in [-0.39, 0.29) is 28.0 Å². The Bertz CT molecular complexity index is 772. The van der Waals surface area contributed by atoms with Crippen LogP contribution < -0.4 is 10.0 Å². The van der Waals surface area contributed by atoms with Gasteiger partial charge in [0, 0.05) is 6.07 Å². The molecule has 2 aliphatic carbocycles. The van der Waals surface area contributed by atoms with E-state index in [0.29, 0.717) is 6.07 Å². The van der Waals surface area contributed by atoms with Crippen molar-refractivity contribution in [2.45, 2.75) is 36.6 Å². The highest BCUT2D eigenvalue weighted by Gasteiger charge is 2.58. The van der Waals surface area contributed by atoms with Gasteiger partial charge in [0.15, 0.2) is 11.6 Å². The average molecular weight is 313 g/mol. The average Bonchev–Trinajstić information content (AvgIpc) is 3.05. The quantitative estimate of drug-likeness (QED) is 0.833. The van der Waals surface area contributed by atoms with Crippen molar-refractivity contribution >= 4 is 21.7 Å². The third-order valence-corrected chi connectivity index (χ3v) is 5.96. The molecule has 1 aromatic rings. The molecule has 5 nitrogen and oxygen atoms in total. The Morgan fingerprint density at radius 1 is 1.24 bits per heavy atom. The van der Waals surface area contributed by atoms with Crippen LogP contribution in [0.4, 0.5) is 14.5 Å². The van der Waals surface area contributed by atoms with Crippen molar-refractivity contribution < 1.29 is 17.2 Å². The van der Waals surface area contributed by atoms with E-state index < -0.39 is 21.7 Å². The lowest BCUT2D eigenvalue weighted by molar-refractivity contribution is 0.278. The Morgan fingerprint density at radius 3 is 2.57 bits per heavy atom. The largest absolute Gasteiger partial charge is 0.324 e. The summed E-state index contributed by atoms with van der Waals surface area (Å²) in [5.74, 6) is -2.21. The van der Waals surface area contributed by atoms with E-state index in [1.807, 2.05) is 0 Å². The van der Waals surface area contributed by atoms with E-state index >= 15 is 0 Å². The van der Waals surface area contributed by atoms with E-state index in [1.54, 1.807) is 0 Å². The van der Waals surface area contributed by atoms with E-state index in [0.717, 1.165) is 25.3 Å². The topological polar surface area (TPSA) is 70.6 Å². The molecule has 0 aromatic heterocycles. The van der Waals surface area contributed by atoms with Crippen molar-refractivity contribution in [1.82, 2.24) is 4.72 Å². The van der Waals surface area contributed by atoms with Crippen LogP contribution in [0.15, 0.2) is 22.0 Å². The standard InChI is InChI=1S/C13H13F2N3O2S/c14-7-4-9-10(5-8(7)15)21(19,20)18-12(16-9)17-11-6-13(11)2-1-3-13/h4-5,11H,1-3,6H2,(H2,16,17,18). The molecular weight excluding hydrogens is 300 g/mol. The van der Waals surface area contributed by atoms with Gasteiger partial charge in [-0.1, -0.05) is 6.42 Å². The molecule has 1 spiro atoms. The predicted octanol–water partition coefficient (Wildman–Crippen LogP) is 1.97. The third-order valence-electron chi connectivity index (χ3n) is 4.58. The zero-order chi connectivity index (χ0) is 14.8. The molecule has 21 heavy (non-hydrogen) atoms. The zero-order valence-electron chi connectivity index (χ0n) is 11.0. The van der Waals surface area contributed by atoms with Gasteiger partial charge < -0.3 is 5.32 Å². The fourth-order valence-corrected chi connectivity index (χ4v) is 4.20. The van der Waals surface area contributed by atoms with Crippen LogP contribution in [0, 0.1) is 17.0 Å². The van der Waals surface area contributed by atoms with Crippen LogP contribution in [-0.2, 0) is 10.0 Å². The number of nitrogens with zero attached hydrogens (tertiary/aromatic N) is 1. The monoisotopic (exact) mass is 313 g/mol. The van der Waals surface area contributed by atoms with Gasteiger partial charge in [0.05, 0.1) is 11.7 Å². The number of sulfonamides is 1. The summed E-state index contributed by atoms with van der Waals surface area (Å²) in [4.78, 5) is 4.06. The van der Waals surface area contributed by atoms with E-state index in [4.69, 9.17) is 0 Å². The molecule has 112 valence electrons. The van der Waals surface area contributed by atoms with Gasteiger partial charge in [0.2, 0.25) is 5.96 Å². The van der Waals surface area contributed by atoms with Gasteiger partial charge in [-0.25, -0.2) is 26.9 Å². The van der Waals surface area contributed by atoms with Gasteiger partial charge in [-0.2, -0.15) is 0 Å². The first kappa shape index (κ1) is 13.0. The Kier molecular flexibility index (Phi) is 2.44.